The van der Waals surface area contributed by atoms with Gasteiger partial charge in [0.25, 0.3) is 0 Å². The summed E-state index contributed by atoms with van der Waals surface area (Å²) >= 11 is 0. The Balaban J connectivity index is 1.97. The van der Waals surface area contributed by atoms with Crippen molar-refractivity contribution in [3.8, 4) is 0 Å². The number of nitrogens with zero attached hydrogens (tertiary/aromatic N) is 1. The lowest BCUT2D eigenvalue weighted by atomic mass is 9.99. The van der Waals surface area contributed by atoms with E-state index in [2.05, 4.69) is 24.0 Å². The molecule has 2 rings (SSSR count). The number of carbonyl (C=O) groups is 1. The molecule has 124 valence electrons. The normalized spacial score (nSPS) is 13.8. The first-order valence-corrected chi connectivity index (χ1v) is 7.97. The van der Waals surface area contributed by atoms with Crippen molar-refractivity contribution in [1.82, 2.24) is 4.90 Å². The Hall–Kier alpha value is -2.07. The van der Waals surface area contributed by atoms with Crippen LogP contribution in [0.25, 0.3) is 0 Å². The molecule has 0 saturated heterocycles. The Morgan fingerprint density at radius 1 is 1.13 bits per heavy atom. The molecule has 0 unspecified atom stereocenters. The minimum Gasteiger partial charge on any atom is -0.457 e. The van der Waals surface area contributed by atoms with Gasteiger partial charge in [-0.3, -0.25) is 0 Å². The van der Waals surface area contributed by atoms with Crippen LogP contribution in [0.3, 0.4) is 0 Å². The summed E-state index contributed by atoms with van der Waals surface area (Å²) in [4.78, 5) is 14.2. The number of carbonyl (C=O) groups excluding carboxylic acids is 1. The highest BCUT2D eigenvalue weighted by Crippen LogP contribution is 2.26. The van der Waals surface area contributed by atoms with Crippen LogP contribution in [0.5, 0.6) is 0 Å². The minimum atomic E-state index is -0.400. The summed E-state index contributed by atoms with van der Waals surface area (Å²) in [6.45, 7) is 4.84. The largest absolute Gasteiger partial charge is 0.457 e. The second-order valence-corrected chi connectivity index (χ2v) is 6.14. The van der Waals surface area contributed by atoms with Gasteiger partial charge < -0.3 is 14.1 Å². The molecule has 0 aliphatic heterocycles. The highest BCUT2D eigenvalue weighted by molar-refractivity contribution is 5.86. The van der Waals surface area contributed by atoms with Crippen molar-refractivity contribution >= 4 is 5.97 Å². The van der Waals surface area contributed by atoms with Crippen LogP contribution in [0.4, 0.5) is 0 Å². The standard InChI is InChI=1S/C19H25NO3/c1-14(12-13-20(3)4)22-19(21)18-11-10-17(23-18)15(2)16-8-6-5-7-9-16/h5-11,14-15H,12-13H2,1-4H3/t14-,15-/m0/s1. The first-order chi connectivity index (χ1) is 11.0. The predicted octanol–water partition coefficient (Wildman–Crippen LogP) is 3.93. The van der Waals surface area contributed by atoms with Crippen molar-refractivity contribution in [2.45, 2.75) is 32.3 Å². The van der Waals surface area contributed by atoms with Crippen molar-refractivity contribution < 1.29 is 13.9 Å². The first kappa shape index (κ1) is 17.3. The summed E-state index contributed by atoms with van der Waals surface area (Å²) in [5.41, 5.74) is 1.15. The van der Waals surface area contributed by atoms with Gasteiger partial charge in [0.1, 0.15) is 11.9 Å². The maximum atomic E-state index is 12.1. The molecule has 1 aromatic carbocycles. The van der Waals surface area contributed by atoms with E-state index in [4.69, 9.17) is 9.15 Å². The number of esters is 1. The van der Waals surface area contributed by atoms with Crippen molar-refractivity contribution in [3.63, 3.8) is 0 Å². The predicted molar refractivity (Wildman–Crippen MR) is 90.7 cm³/mol. The zero-order chi connectivity index (χ0) is 16.8. The summed E-state index contributed by atoms with van der Waals surface area (Å²) in [6.07, 6.45) is 0.664. The molecule has 4 heteroatoms. The molecule has 2 aromatic rings. The lowest BCUT2D eigenvalue weighted by Crippen LogP contribution is -2.21. The number of rotatable bonds is 7. The Morgan fingerprint density at radius 2 is 1.83 bits per heavy atom. The van der Waals surface area contributed by atoms with E-state index in [0.717, 1.165) is 24.3 Å². The van der Waals surface area contributed by atoms with E-state index in [-0.39, 0.29) is 17.8 Å². The molecule has 23 heavy (non-hydrogen) atoms. The van der Waals surface area contributed by atoms with Crippen molar-refractivity contribution in [2.75, 3.05) is 20.6 Å². The van der Waals surface area contributed by atoms with Gasteiger partial charge in [-0.05, 0) is 45.1 Å². The van der Waals surface area contributed by atoms with Crippen LogP contribution in [0.2, 0.25) is 0 Å². The van der Waals surface area contributed by atoms with Crippen LogP contribution < -0.4 is 0 Å². The Bertz CT molecular complexity index is 619. The molecule has 1 heterocycles. The van der Waals surface area contributed by atoms with Crippen LogP contribution in [-0.4, -0.2) is 37.6 Å². The fourth-order valence-corrected chi connectivity index (χ4v) is 2.34. The van der Waals surface area contributed by atoms with Gasteiger partial charge in [-0.1, -0.05) is 37.3 Å². The summed E-state index contributed by atoms with van der Waals surface area (Å²) in [7, 11) is 4.00. The third kappa shape index (κ3) is 4.96. The highest BCUT2D eigenvalue weighted by Gasteiger charge is 2.19. The van der Waals surface area contributed by atoms with Gasteiger partial charge in [0.2, 0.25) is 5.76 Å². The van der Waals surface area contributed by atoms with Gasteiger partial charge in [-0.25, -0.2) is 4.79 Å². The Morgan fingerprint density at radius 3 is 2.48 bits per heavy atom. The summed E-state index contributed by atoms with van der Waals surface area (Å²) < 4.78 is 11.1. The third-order valence-electron chi connectivity index (χ3n) is 3.85. The van der Waals surface area contributed by atoms with E-state index in [1.807, 2.05) is 45.3 Å². The molecule has 0 aliphatic rings. The van der Waals surface area contributed by atoms with Crippen LogP contribution in [-0.2, 0) is 4.74 Å². The monoisotopic (exact) mass is 315 g/mol. The zero-order valence-corrected chi connectivity index (χ0v) is 14.3. The molecule has 0 fully saturated rings. The number of ether oxygens (including phenoxy) is 1. The smallest absolute Gasteiger partial charge is 0.374 e. The van der Waals surface area contributed by atoms with Crippen LogP contribution >= 0.6 is 0 Å². The van der Waals surface area contributed by atoms with Gasteiger partial charge in [0.05, 0.1) is 0 Å². The van der Waals surface area contributed by atoms with Crippen LogP contribution in [0.1, 0.15) is 48.1 Å². The van der Waals surface area contributed by atoms with E-state index >= 15 is 0 Å². The van der Waals surface area contributed by atoms with Gasteiger partial charge in [-0.2, -0.15) is 0 Å². The van der Waals surface area contributed by atoms with E-state index in [1.54, 1.807) is 6.07 Å². The number of hydrogen-bond donors (Lipinski definition) is 0. The Kier molecular flexibility index (Phi) is 5.99. The van der Waals surface area contributed by atoms with Gasteiger partial charge >= 0.3 is 5.97 Å². The maximum Gasteiger partial charge on any atom is 0.374 e. The molecule has 2 atom stereocenters. The molecule has 0 spiro atoms. The number of benzene rings is 1. The van der Waals surface area contributed by atoms with E-state index in [0.29, 0.717) is 0 Å². The maximum absolute atomic E-state index is 12.1. The van der Waals surface area contributed by atoms with Gasteiger partial charge in [-0.15, -0.1) is 0 Å². The van der Waals surface area contributed by atoms with Crippen molar-refractivity contribution in [3.05, 3.63) is 59.5 Å². The van der Waals surface area contributed by atoms with Crippen molar-refractivity contribution in [1.29, 1.82) is 0 Å². The summed E-state index contributed by atoms with van der Waals surface area (Å²) in [6, 6.07) is 13.6. The molecule has 0 N–H and O–H groups in total. The molecule has 0 radical (unpaired) electrons. The average molecular weight is 315 g/mol. The lowest BCUT2D eigenvalue weighted by Gasteiger charge is -2.15. The number of hydrogen-bond acceptors (Lipinski definition) is 4. The van der Waals surface area contributed by atoms with Crippen LogP contribution in [0, 0.1) is 0 Å². The molecule has 1 aromatic heterocycles. The van der Waals surface area contributed by atoms with Gasteiger partial charge in [0.15, 0.2) is 0 Å². The summed E-state index contributed by atoms with van der Waals surface area (Å²) in [5, 5.41) is 0. The Labute approximate surface area is 138 Å². The van der Waals surface area contributed by atoms with Crippen molar-refractivity contribution in [2.24, 2.45) is 0 Å². The zero-order valence-electron chi connectivity index (χ0n) is 14.3. The molecule has 0 saturated carbocycles. The first-order valence-electron chi connectivity index (χ1n) is 7.97. The fraction of sp³-hybridized carbons (Fsp3) is 0.421. The number of furan rings is 1. The summed E-state index contributed by atoms with van der Waals surface area (Å²) in [5.74, 6) is 0.732. The lowest BCUT2D eigenvalue weighted by molar-refractivity contribution is 0.0273. The average Bonchev–Trinajstić information content (AvgIpc) is 3.03. The third-order valence-corrected chi connectivity index (χ3v) is 3.85. The molecular formula is C19H25NO3. The highest BCUT2D eigenvalue weighted by atomic mass is 16.6. The minimum absolute atomic E-state index is 0.101. The molecule has 4 nitrogen and oxygen atoms in total. The quantitative estimate of drug-likeness (QED) is 0.726. The van der Waals surface area contributed by atoms with Gasteiger partial charge in [0, 0.05) is 12.5 Å². The molecule has 0 amide bonds. The fourth-order valence-electron chi connectivity index (χ4n) is 2.34. The van der Waals surface area contributed by atoms with Crippen LogP contribution in [0.15, 0.2) is 46.9 Å². The SMILES string of the molecule is C[C@@H](c1ccccc1)c1ccc(C(=O)O[C@@H](C)CCN(C)C)o1. The van der Waals surface area contributed by atoms with E-state index < -0.39 is 5.97 Å². The second-order valence-electron chi connectivity index (χ2n) is 6.14. The van der Waals surface area contributed by atoms with E-state index in [9.17, 15) is 4.79 Å². The topological polar surface area (TPSA) is 42.7 Å². The molecule has 0 aliphatic carbocycles. The second kappa shape index (κ2) is 7.97. The van der Waals surface area contributed by atoms with E-state index in [1.165, 1.54) is 0 Å². The molecule has 0 bridgehead atoms. The molecular weight excluding hydrogens is 290 g/mol.